The molecule has 3 N–H and O–H groups in total. The smallest absolute Gasteiger partial charge is 0.275 e. The average molecular weight is 321 g/mol. The van der Waals surface area contributed by atoms with E-state index in [2.05, 4.69) is 58.7 Å². The maximum absolute atomic E-state index is 11.9. The Labute approximate surface area is 141 Å². The number of hydrogen-bond acceptors (Lipinski definition) is 3. The predicted molar refractivity (Wildman–Crippen MR) is 95.0 cm³/mol. The Kier molecular flexibility index (Phi) is 4.70. The summed E-state index contributed by atoms with van der Waals surface area (Å²) in [5.74, 6) is 0.864. The van der Waals surface area contributed by atoms with Crippen molar-refractivity contribution in [1.29, 1.82) is 0 Å². The number of carbonyl (C=O) groups excluding carboxylic acids is 1. The van der Waals surface area contributed by atoms with E-state index in [9.17, 15) is 4.79 Å². The summed E-state index contributed by atoms with van der Waals surface area (Å²) in [7, 11) is 0. The van der Waals surface area contributed by atoms with Gasteiger partial charge in [0.1, 0.15) is 12.1 Å². The molecule has 0 atom stereocenters. The van der Waals surface area contributed by atoms with Crippen LogP contribution in [-0.4, -0.2) is 24.0 Å². The zero-order chi connectivity index (χ0) is 16.9. The average Bonchev–Trinajstić information content (AvgIpc) is 2.60. The van der Waals surface area contributed by atoms with Crippen LogP contribution in [0.3, 0.4) is 0 Å². The second kappa shape index (κ2) is 7.08. The van der Waals surface area contributed by atoms with Crippen molar-refractivity contribution in [3.63, 3.8) is 0 Å². The highest BCUT2D eigenvalue weighted by Crippen LogP contribution is 2.16. The number of aryl methyl sites for hydroxylation is 2. The van der Waals surface area contributed by atoms with E-state index in [0.29, 0.717) is 18.7 Å². The Morgan fingerprint density at radius 1 is 1.17 bits per heavy atom. The molecule has 0 radical (unpaired) electrons. The summed E-state index contributed by atoms with van der Waals surface area (Å²) in [4.78, 5) is 19.3. The lowest BCUT2D eigenvalue weighted by Crippen LogP contribution is -2.30. The molecule has 2 heterocycles. The highest BCUT2D eigenvalue weighted by Gasteiger charge is 2.10. The van der Waals surface area contributed by atoms with E-state index in [1.807, 2.05) is 0 Å². The number of H-pyrrole nitrogens is 1. The fourth-order valence-electron chi connectivity index (χ4n) is 2.59. The standard InChI is InChI=1S/C19H20N4O/c1-13-5-6-15-11-14(2)18(23-17(15)10-13)21-8-9-22-19(24)16-4-3-7-20-12-16/h3-7,10-12H,8-9H2,1-2H3,(H,21,23)(H,22,24)/p+1. The van der Waals surface area contributed by atoms with Gasteiger partial charge in [-0.1, -0.05) is 12.1 Å². The number of aromatic nitrogens is 2. The molecule has 2 aromatic heterocycles. The molecular formula is C19H21N4O+. The minimum atomic E-state index is -0.111. The zero-order valence-corrected chi connectivity index (χ0v) is 13.9. The molecule has 0 bridgehead atoms. The van der Waals surface area contributed by atoms with Crippen LogP contribution in [0.1, 0.15) is 21.5 Å². The number of nitrogens with one attached hydrogen (secondary N) is 3. The van der Waals surface area contributed by atoms with Gasteiger partial charge < -0.3 is 5.32 Å². The van der Waals surface area contributed by atoms with Crippen LogP contribution in [0.2, 0.25) is 0 Å². The van der Waals surface area contributed by atoms with Crippen LogP contribution in [0.4, 0.5) is 5.82 Å². The van der Waals surface area contributed by atoms with Crippen LogP contribution < -0.4 is 15.6 Å². The van der Waals surface area contributed by atoms with Crippen molar-refractivity contribution in [2.24, 2.45) is 0 Å². The molecule has 3 rings (SSSR count). The first-order valence-corrected chi connectivity index (χ1v) is 7.99. The first kappa shape index (κ1) is 15.9. The zero-order valence-electron chi connectivity index (χ0n) is 13.9. The molecule has 0 saturated carbocycles. The Morgan fingerprint density at radius 3 is 2.83 bits per heavy atom. The lowest BCUT2D eigenvalue weighted by Gasteiger charge is -2.06. The van der Waals surface area contributed by atoms with Crippen molar-refractivity contribution >= 4 is 22.6 Å². The third kappa shape index (κ3) is 3.68. The molecule has 0 spiro atoms. The van der Waals surface area contributed by atoms with E-state index in [4.69, 9.17) is 0 Å². The number of benzene rings is 1. The third-order valence-electron chi connectivity index (χ3n) is 3.87. The van der Waals surface area contributed by atoms with Crippen molar-refractivity contribution in [3.05, 3.63) is 65.5 Å². The van der Waals surface area contributed by atoms with E-state index >= 15 is 0 Å². The Bertz CT molecular complexity index is 862. The molecule has 0 aliphatic rings. The van der Waals surface area contributed by atoms with Gasteiger partial charge in [-0.3, -0.25) is 15.1 Å². The molecule has 0 aliphatic heterocycles. The van der Waals surface area contributed by atoms with Crippen LogP contribution in [0.25, 0.3) is 10.9 Å². The lowest BCUT2D eigenvalue weighted by atomic mass is 10.1. The Morgan fingerprint density at radius 2 is 2.04 bits per heavy atom. The maximum Gasteiger partial charge on any atom is 0.275 e. The molecule has 122 valence electrons. The Balaban J connectivity index is 1.59. The Hall–Kier alpha value is -2.95. The van der Waals surface area contributed by atoms with E-state index in [1.54, 1.807) is 24.5 Å². The van der Waals surface area contributed by atoms with Crippen LogP contribution in [0, 0.1) is 13.8 Å². The number of amides is 1. The maximum atomic E-state index is 11.9. The number of carbonyl (C=O) groups is 1. The third-order valence-corrected chi connectivity index (χ3v) is 3.87. The molecule has 3 aromatic rings. The minimum Gasteiger partial charge on any atom is -0.348 e. The normalized spacial score (nSPS) is 10.6. The van der Waals surface area contributed by atoms with Crippen molar-refractivity contribution in [2.75, 3.05) is 18.4 Å². The number of hydrogen-bond donors (Lipinski definition) is 2. The first-order valence-electron chi connectivity index (χ1n) is 7.99. The van der Waals surface area contributed by atoms with E-state index in [1.165, 1.54) is 10.9 Å². The monoisotopic (exact) mass is 321 g/mol. The summed E-state index contributed by atoms with van der Waals surface area (Å²) in [5.41, 5.74) is 4.03. The van der Waals surface area contributed by atoms with E-state index < -0.39 is 0 Å². The predicted octanol–water partition coefficient (Wildman–Crippen LogP) is 2.51. The van der Waals surface area contributed by atoms with Gasteiger partial charge in [-0.05, 0) is 43.7 Å². The number of anilines is 1. The fourth-order valence-corrected chi connectivity index (χ4v) is 2.59. The van der Waals surface area contributed by atoms with Gasteiger partial charge in [-0.2, -0.15) is 0 Å². The number of pyridine rings is 2. The molecule has 0 fully saturated rings. The van der Waals surface area contributed by atoms with Gasteiger partial charge in [0.05, 0.1) is 12.1 Å². The number of nitrogens with zero attached hydrogens (tertiary/aromatic N) is 1. The summed E-state index contributed by atoms with van der Waals surface area (Å²) < 4.78 is 0. The first-order chi connectivity index (χ1) is 11.6. The van der Waals surface area contributed by atoms with Crippen LogP contribution in [0.15, 0.2) is 48.8 Å². The summed E-state index contributed by atoms with van der Waals surface area (Å²) in [6.07, 6.45) is 3.21. The highest BCUT2D eigenvalue weighted by molar-refractivity contribution is 5.93. The summed E-state index contributed by atoms with van der Waals surface area (Å²) >= 11 is 0. The number of fused-ring (bicyclic) bond motifs is 1. The van der Waals surface area contributed by atoms with Crippen molar-refractivity contribution in [2.45, 2.75) is 13.8 Å². The van der Waals surface area contributed by atoms with Gasteiger partial charge in [0, 0.05) is 23.3 Å². The molecule has 1 aromatic carbocycles. The molecule has 24 heavy (non-hydrogen) atoms. The SMILES string of the molecule is Cc1ccc2cc(C)c(NCCNC(=O)c3cccnc3)[nH+]c2c1. The van der Waals surface area contributed by atoms with Crippen molar-refractivity contribution < 1.29 is 9.78 Å². The van der Waals surface area contributed by atoms with Crippen LogP contribution >= 0.6 is 0 Å². The molecule has 5 heteroatoms. The molecule has 0 saturated heterocycles. The summed E-state index contributed by atoms with van der Waals surface area (Å²) in [6.45, 7) is 5.31. The molecule has 1 amide bonds. The van der Waals surface area contributed by atoms with E-state index in [0.717, 1.165) is 16.9 Å². The number of aromatic amines is 1. The number of rotatable bonds is 5. The summed E-state index contributed by atoms with van der Waals surface area (Å²) in [5, 5.41) is 7.41. The fraction of sp³-hybridized carbons (Fsp3) is 0.211. The molecule has 5 nitrogen and oxygen atoms in total. The van der Waals surface area contributed by atoms with Gasteiger partial charge >= 0.3 is 0 Å². The highest BCUT2D eigenvalue weighted by atomic mass is 16.1. The van der Waals surface area contributed by atoms with Gasteiger partial charge in [0.25, 0.3) is 11.7 Å². The second-order valence-corrected chi connectivity index (χ2v) is 5.84. The van der Waals surface area contributed by atoms with Crippen molar-refractivity contribution in [1.82, 2.24) is 10.3 Å². The van der Waals surface area contributed by atoms with Gasteiger partial charge in [0.2, 0.25) is 0 Å². The van der Waals surface area contributed by atoms with Gasteiger partial charge in [-0.15, -0.1) is 0 Å². The van der Waals surface area contributed by atoms with Gasteiger partial charge in [0.15, 0.2) is 0 Å². The topological polar surface area (TPSA) is 68.2 Å². The minimum absolute atomic E-state index is 0.111. The van der Waals surface area contributed by atoms with Gasteiger partial charge in [-0.25, -0.2) is 4.98 Å². The molecule has 0 unspecified atom stereocenters. The molecular weight excluding hydrogens is 300 g/mol. The van der Waals surface area contributed by atoms with E-state index in [-0.39, 0.29) is 5.91 Å². The van der Waals surface area contributed by atoms with Crippen molar-refractivity contribution in [3.8, 4) is 0 Å². The largest absolute Gasteiger partial charge is 0.348 e. The summed E-state index contributed by atoms with van der Waals surface area (Å²) in [6, 6.07) is 12.0. The molecule has 0 aliphatic carbocycles. The second-order valence-electron chi connectivity index (χ2n) is 5.84. The lowest BCUT2D eigenvalue weighted by molar-refractivity contribution is -0.327. The van der Waals surface area contributed by atoms with Crippen LogP contribution in [-0.2, 0) is 0 Å². The van der Waals surface area contributed by atoms with Crippen LogP contribution in [0.5, 0.6) is 0 Å². The quantitative estimate of drug-likeness (QED) is 0.710.